The van der Waals surface area contributed by atoms with Crippen LogP contribution in [0.2, 0.25) is 0 Å². The fourth-order valence-electron chi connectivity index (χ4n) is 2.25. The van der Waals surface area contributed by atoms with Gasteiger partial charge in [0.05, 0.1) is 0 Å². The molecule has 0 fully saturated rings. The molecule has 0 radical (unpaired) electrons. The number of carboxylic acids is 1. The largest absolute Gasteiger partial charge is 0.487 e. The van der Waals surface area contributed by atoms with Gasteiger partial charge >= 0.3 is 5.97 Å². The predicted octanol–water partition coefficient (Wildman–Crippen LogP) is 4.78. The van der Waals surface area contributed by atoms with Crippen molar-refractivity contribution in [3.63, 3.8) is 0 Å². The first kappa shape index (κ1) is 20.3. The number of ether oxygens (including phenoxy) is 2. The van der Waals surface area contributed by atoms with Gasteiger partial charge in [0.25, 0.3) is 0 Å². The van der Waals surface area contributed by atoms with E-state index in [4.69, 9.17) is 19.0 Å². The molecule has 27 heavy (non-hydrogen) atoms. The summed E-state index contributed by atoms with van der Waals surface area (Å²) in [6, 6.07) is 6.79. The van der Waals surface area contributed by atoms with Gasteiger partial charge in [-0.15, -0.1) is 0 Å². The normalized spacial score (nSPS) is 12.4. The second kappa shape index (κ2) is 8.58. The van der Waals surface area contributed by atoms with Crippen molar-refractivity contribution < 1.29 is 23.8 Å². The predicted molar refractivity (Wildman–Crippen MR) is 103 cm³/mol. The molecule has 0 aliphatic carbocycles. The summed E-state index contributed by atoms with van der Waals surface area (Å²) in [6.45, 7) is 8.98. The molecule has 0 aliphatic heterocycles. The summed E-state index contributed by atoms with van der Waals surface area (Å²) < 4.78 is 16.9. The Balaban J connectivity index is 2.03. The average molecular weight is 371 g/mol. The Morgan fingerprint density at radius 2 is 1.85 bits per heavy atom. The van der Waals surface area contributed by atoms with E-state index in [1.54, 1.807) is 24.3 Å². The van der Waals surface area contributed by atoms with E-state index in [2.05, 4.69) is 4.98 Å². The zero-order valence-corrected chi connectivity index (χ0v) is 16.3. The van der Waals surface area contributed by atoms with Crippen LogP contribution in [0.3, 0.4) is 0 Å². The minimum atomic E-state index is -1.30. The van der Waals surface area contributed by atoms with Crippen LogP contribution in [-0.2, 0) is 11.4 Å². The number of benzene rings is 1. The molecule has 0 bridgehead atoms. The van der Waals surface area contributed by atoms with Crippen LogP contribution >= 0.6 is 0 Å². The number of carboxylic acid groups (broad SMARTS) is 1. The Hall–Kier alpha value is -3.02. The van der Waals surface area contributed by atoms with Crippen molar-refractivity contribution in [2.75, 3.05) is 0 Å². The summed E-state index contributed by atoms with van der Waals surface area (Å²) in [5.74, 6) is 1.32. The lowest BCUT2D eigenvalue weighted by atomic mass is 10.1. The second-order valence-electron chi connectivity index (χ2n) is 6.44. The molecule has 0 saturated carbocycles. The smallest absolute Gasteiger partial charge is 0.347 e. The minimum Gasteiger partial charge on any atom is -0.487 e. The van der Waals surface area contributed by atoms with Crippen molar-refractivity contribution >= 4 is 11.5 Å². The Kier molecular flexibility index (Phi) is 6.45. The van der Waals surface area contributed by atoms with Gasteiger partial charge in [0.1, 0.15) is 29.6 Å². The third-order valence-electron chi connectivity index (χ3n) is 3.88. The second-order valence-corrected chi connectivity index (χ2v) is 6.44. The number of oxazole rings is 1. The van der Waals surface area contributed by atoms with Crippen LogP contribution in [0.25, 0.3) is 5.57 Å². The van der Waals surface area contributed by atoms with Gasteiger partial charge in [0, 0.05) is 5.57 Å². The number of hydrogen-bond donors (Lipinski definition) is 1. The van der Waals surface area contributed by atoms with Crippen molar-refractivity contribution in [2.45, 2.75) is 46.8 Å². The highest BCUT2D eigenvalue weighted by atomic mass is 16.5. The van der Waals surface area contributed by atoms with Gasteiger partial charge in [0.15, 0.2) is 5.60 Å². The number of aromatic nitrogens is 1. The maximum Gasteiger partial charge on any atom is 0.347 e. The number of aliphatic carboxylic acids is 1. The third kappa shape index (κ3) is 5.23. The van der Waals surface area contributed by atoms with Crippen LogP contribution < -0.4 is 9.47 Å². The number of hydrogen-bond acceptors (Lipinski definition) is 5. The van der Waals surface area contributed by atoms with E-state index in [1.807, 2.05) is 39.0 Å². The van der Waals surface area contributed by atoms with Crippen LogP contribution in [0.15, 0.2) is 46.9 Å². The first-order valence-corrected chi connectivity index (χ1v) is 8.67. The summed E-state index contributed by atoms with van der Waals surface area (Å²) in [4.78, 5) is 15.6. The molecule has 1 aromatic carbocycles. The Morgan fingerprint density at radius 1 is 1.22 bits per heavy atom. The Labute approximate surface area is 159 Å². The molecule has 2 rings (SSSR count). The van der Waals surface area contributed by atoms with Gasteiger partial charge in [-0.25, -0.2) is 9.78 Å². The lowest BCUT2D eigenvalue weighted by molar-refractivity contribution is -0.152. The molecule has 0 unspecified atom stereocenters. The summed E-state index contributed by atoms with van der Waals surface area (Å²) in [5, 5.41) is 9.11. The molecular weight excluding hydrogens is 346 g/mol. The fourth-order valence-corrected chi connectivity index (χ4v) is 2.25. The van der Waals surface area contributed by atoms with Gasteiger partial charge in [0.2, 0.25) is 5.89 Å². The van der Waals surface area contributed by atoms with Crippen molar-refractivity contribution in [1.29, 1.82) is 0 Å². The fraction of sp³-hybridized carbons (Fsp3) is 0.333. The quantitative estimate of drug-likeness (QED) is 0.672. The SMILES string of the molecule is C/C=C\C(=C/C)c1nc(COc2ccc(OC(C)(C)C(=O)O)cc2)c(C)o1. The molecule has 0 atom stereocenters. The van der Waals surface area contributed by atoms with Gasteiger partial charge in [-0.3, -0.25) is 0 Å². The van der Waals surface area contributed by atoms with Crippen molar-refractivity contribution in [1.82, 2.24) is 4.98 Å². The summed E-state index contributed by atoms with van der Waals surface area (Å²) >= 11 is 0. The van der Waals surface area contributed by atoms with Gasteiger partial charge in [-0.2, -0.15) is 0 Å². The maximum atomic E-state index is 11.1. The number of nitrogens with zero attached hydrogens (tertiary/aromatic N) is 1. The first-order valence-electron chi connectivity index (χ1n) is 8.67. The molecule has 1 aromatic heterocycles. The monoisotopic (exact) mass is 371 g/mol. The van der Waals surface area contributed by atoms with Crippen LogP contribution in [0.4, 0.5) is 0 Å². The number of carbonyl (C=O) groups is 1. The van der Waals surface area contributed by atoms with E-state index >= 15 is 0 Å². The number of rotatable bonds is 8. The van der Waals surface area contributed by atoms with E-state index in [0.717, 1.165) is 11.3 Å². The van der Waals surface area contributed by atoms with Crippen LogP contribution in [0, 0.1) is 6.92 Å². The molecule has 6 nitrogen and oxygen atoms in total. The standard InChI is InChI=1S/C21H25NO5/c1-6-8-15(7-2)19-22-18(14(3)26-19)13-25-16-9-11-17(12-10-16)27-21(4,5)20(23)24/h6-12H,13H2,1-5H3,(H,23,24)/b8-6-,15-7+. The summed E-state index contributed by atoms with van der Waals surface area (Å²) in [7, 11) is 0. The van der Waals surface area contributed by atoms with Crippen molar-refractivity contribution in [3.05, 3.63) is 59.8 Å². The summed E-state index contributed by atoms with van der Waals surface area (Å²) in [6.07, 6.45) is 5.81. The van der Waals surface area contributed by atoms with Gasteiger partial charge in [-0.1, -0.05) is 18.2 Å². The van der Waals surface area contributed by atoms with E-state index in [9.17, 15) is 4.79 Å². The highest BCUT2D eigenvalue weighted by molar-refractivity contribution is 5.76. The number of allylic oxidation sites excluding steroid dienone is 4. The van der Waals surface area contributed by atoms with Crippen LogP contribution in [0.1, 0.15) is 45.0 Å². The molecule has 1 N–H and O–H groups in total. The molecular formula is C21H25NO5. The van der Waals surface area contributed by atoms with Gasteiger partial charge in [-0.05, 0) is 58.9 Å². The molecule has 2 aromatic rings. The van der Waals surface area contributed by atoms with Crippen LogP contribution in [-0.4, -0.2) is 21.7 Å². The van der Waals surface area contributed by atoms with Crippen LogP contribution in [0.5, 0.6) is 11.5 Å². The average Bonchev–Trinajstić information content (AvgIpc) is 2.99. The lowest BCUT2D eigenvalue weighted by Gasteiger charge is -2.21. The first-order chi connectivity index (χ1) is 12.8. The van der Waals surface area contributed by atoms with E-state index in [-0.39, 0.29) is 6.61 Å². The Morgan fingerprint density at radius 3 is 2.41 bits per heavy atom. The molecule has 1 heterocycles. The minimum absolute atomic E-state index is 0.267. The molecule has 0 aliphatic rings. The third-order valence-corrected chi connectivity index (χ3v) is 3.88. The zero-order chi connectivity index (χ0) is 20.0. The lowest BCUT2D eigenvalue weighted by Crippen LogP contribution is -2.37. The van der Waals surface area contributed by atoms with Crippen molar-refractivity contribution in [3.8, 4) is 11.5 Å². The molecule has 6 heteroatoms. The van der Waals surface area contributed by atoms with Crippen molar-refractivity contribution in [2.24, 2.45) is 0 Å². The molecule has 144 valence electrons. The topological polar surface area (TPSA) is 81.8 Å². The van der Waals surface area contributed by atoms with E-state index < -0.39 is 11.6 Å². The summed E-state index contributed by atoms with van der Waals surface area (Å²) in [5.41, 5.74) is 0.337. The number of aryl methyl sites for hydroxylation is 1. The highest BCUT2D eigenvalue weighted by Crippen LogP contribution is 2.24. The van der Waals surface area contributed by atoms with E-state index in [1.165, 1.54) is 13.8 Å². The molecule has 0 amide bonds. The molecule has 0 saturated heterocycles. The highest BCUT2D eigenvalue weighted by Gasteiger charge is 2.29. The van der Waals surface area contributed by atoms with E-state index in [0.29, 0.717) is 23.1 Å². The van der Waals surface area contributed by atoms with Gasteiger partial charge < -0.3 is 19.0 Å². The maximum absolute atomic E-state index is 11.1. The zero-order valence-electron chi connectivity index (χ0n) is 16.3. The Bertz CT molecular complexity index is 844. The molecule has 0 spiro atoms.